The van der Waals surface area contributed by atoms with Crippen LogP contribution in [0.2, 0.25) is 6.55 Å². The third kappa shape index (κ3) is 2.73. The molecule has 4 aromatic carbocycles. The van der Waals surface area contributed by atoms with Gasteiger partial charge in [-0.1, -0.05) is 91.5 Å². The summed E-state index contributed by atoms with van der Waals surface area (Å²) in [6, 6.07) is 35.0. The van der Waals surface area contributed by atoms with E-state index >= 15 is 0 Å². The average Bonchev–Trinajstić information content (AvgIpc) is 2.73. The Morgan fingerprint density at radius 3 is 1.96 bits per heavy atom. The van der Waals surface area contributed by atoms with E-state index in [0.717, 1.165) is 5.75 Å². The molecule has 0 bridgehead atoms. The van der Waals surface area contributed by atoms with Crippen LogP contribution in [0.4, 0.5) is 0 Å². The van der Waals surface area contributed by atoms with Crippen LogP contribution in [-0.2, 0) is 0 Å². The molecular weight excluding hydrogens is 332 g/mol. The van der Waals surface area contributed by atoms with Crippen molar-refractivity contribution in [1.29, 1.82) is 0 Å². The van der Waals surface area contributed by atoms with Crippen molar-refractivity contribution in [2.75, 3.05) is 7.11 Å². The monoisotopic (exact) mass is 354 g/mol. The molecule has 0 heterocycles. The lowest BCUT2D eigenvalue weighted by molar-refractivity contribution is 0.415. The second kappa shape index (κ2) is 6.81. The number of hydrogen-bond donors (Lipinski definition) is 0. The predicted octanol–water partition coefficient (Wildman–Crippen LogP) is 3.95. The van der Waals surface area contributed by atoms with Crippen molar-refractivity contribution in [3.8, 4) is 5.75 Å². The minimum atomic E-state index is -2.13. The molecule has 4 rings (SSSR count). The molecule has 0 saturated heterocycles. The summed E-state index contributed by atoms with van der Waals surface area (Å²) in [6.07, 6.45) is 0. The zero-order valence-electron chi connectivity index (χ0n) is 15.1. The van der Waals surface area contributed by atoms with Crippen LogP contribution < -0.4 is 20.3 Å². The van der Waals surface area contributed by atoms with Crippen molar-refractivity contribution in [2.24, 2.45) is 0 Å². The molecule has 1 atom stereocenters. The molecule has 0 amide bonds. The number of methoxy groups -OCH3 is 1. The van der Waals surface area contributed by atoms with Crippen LogP contribution in [0.5, 0.6) is 5.75 Å². The molecule has 0 spiro atoms. The summed E-state index contributed by atoms with van der Waals surface area (Å²) in [5, 5.41) is 6.91. The molecule has 0 aliphatic rings. The summed E-state index contributed by atoms with van der Waals surface area (Å²) in [5.74, 6) is 0.899. The first-order chi connectivity index (χ1) is 12.7. The third-order valence-electron chi connectivity index (χ3n) is 5.35. The van der Waals surface area contributed by atoms with E-state index < -0.39 is 8.07 Å². The van der Waals surface area contributed by atoms with Crippen LogP contribution in [0.3, 0.4) is 0 Å². The Morgan fingerprint density at radius 2 is 1.23 bits per heavy atom. The highest BCUT2D eigenvalue weighted by Crippen LogP contribution is 2.17. The molecule has 0 aliphatic carbocycles. The average molecular weight is 355 g/mol. The van der Waals surface area contributed by atoms with Gasteiger partial charge in [0.15, 0.2) is 0 Å². The van der Waals surface area contributed by atoms with E-state index in [-0.39, 0.29) is 0 Å². The maximum Gasteiger partial charge on any atom is 0.146 e. The Hall–Kier alpha value is -2.84. The zero-order chi connectivity index (χ0) is 18.0. The molecule has 4 aromatic rings. The van der Waals surface area contributed by atoms with Crippen LogP contribution in [0.15, 0.2) is 97.1 Å². The SMILES string of the molecule is COc1ccc([Si](C)(c2ccccc2)c2cccc3ccccc23)cc1. The van der Waals surface area contributed by atoms with E-state index in [1.54, 1.807) is 7.11 Å². The molecule has 0 N–H and O–H groups in total. The maximum atomic E-state index is 5.38. The van der Waals surface area contributed by atoms with E-state index in [9.17, 15) is 0 Å². The standard InChI is InChI=1S/C24H22OSi/c1-25-20-15-17-22(18-16-20)26(2,21-11-4-3-5-12-21)24-14-8-10-19-9-6-7-13-23(19)24/h3-18H,1-2H3. The van der Waals surface area contributed by atoms with Gasteiger partial charge in [-0.15, -0.1) is 0 Å². The fourth-order valence-electron chi connectivity index (χ4n) is 3.83. The molecule has 0 aromatic heterocycles. The highest BCUT2D eigenvalue weighted by Gasteiger charge is 2.35. The van der Waals surface area contributed by atoms with Gasteiger partial charge in [-0.3, -0.25) is 0 Å². The summed E-state index contributed by atoms with van der Waals surface area (Å²) in [5.41, 5.74) is 0. The third-order valence-corrected chi connectivity index (χ3v) is 9.84. The molecule has 0 fully saturated rings. The topological polar surface area (TPSA) is 9.23 Å². The van der Waals surface area contributed by atoms with Gasteiger partial charge < -0.3 is 4.74 Å². The van der Waals surface area contributed by atoms with Crippen molar-refractivity contribution >= 4 is 34.4 Å². The summed E-state index contributed by atoms with van der Waals surface area (Å²) >= 11 is 0. The van der Waals surface area contributed by atoms with Gasteiger partial charge in [-0.05, 0) is 38.5 Å². The van der Waals surface area contributed by atoms with Crippen molar-refractivity contribution in [3.05, 3.63) is 97.1 Å². The quantitative estimate of drug-likeness (QED) is 0.398. The van der Waals surface area contributed by atoms with E-state index in [1.165, 1.54) is 26.3 Å². The van der Waals surface area contributed by atoms with Crippen molar-refractivity contribution in [2.45, 2.75) is 6.55 Å². The lowest BCUT2D eigenvalue weighted by Crippen LogP contribution is -2.64. The maximum absolute atomic E-state index is 5.38. The molecule has 1 unspecified atom stereocenters. The largest absolute Gasteiger partial charge is 0.497 e. The fraction of sp³-hybridized carbons (Fsp3) is 0.0833. The molecule has 128 valence electrons. The fourth-order valence-corrected chi connectivity index (χ4v) is 7.68. The first kappa shape index (κ1) is 16.6. The van der Waals surface area contributed by atoms with Crippen LogP contribution in [0.25, 0.3) is 10.8 Å². The van der Waals surface area contributed by atoms with Crippen LogP contribution in [0, 0.1) is 0 Å². The van der Waals surface area contributed by atoms with E-state index in [1.807, 2.05) is 0 Å². The lowest BCUT2D eigenvalue weighted by atomic mass is 10.1. The first-order valence-corrected chi connectivity index (χ1v) is 11.4. The molecule has 0 aliphatic heterocycles. The number of fused-ring (bicyclic) bond motifs is 1. The van der Waals surface area contributed by atoms with E-state index in [0.29, 0.717) is 0 Å². The molecule has 0 radical (unpaired) electrons. The van der Waals surface area contributed by atoms with Crippen LogP contribution in [0.1, 0.15) is 0 Å². The van der Waals surface area contributed by atoms with E-state index in [4.69, 9.17) is 4.74 Å². The highest BCUT2D eigenvalue weighted by molar-refractivity contribution is 7.11. The Kier molecular flexibility index (Phi) is 4.35. The first-order valence-electron chi connectivity index (χ1n) is 8.92. The molecule has 2 heteroatoms. The van der Waals surface area contributed by atoms with Crippen molar-refractivity contribution < 1.29 is 4.74 Å². The summed E-state index contributed by atoms with van der Waals surface area (Å²) in [7, 11) is -0.418. The smallest absolute Gasteiger partial charge is 0.146 e. The van der Waals surface area contributed by atoms with Crippen LogP contribution >= 0.6 is 0 Å². The zero-order valence-corrected chi connectivity index (χ0v) is 16.1. The second-order valence-corrected chi connectivity index (χ2v) is 10.7. The normalized spacial score (nSPS) is 13.3. The van der Waals surface area contributed by atoms with Gasteiger partial charge >= 0.3 is 0 Å². The second-order valence-electron chi connectivity index (χ2n) is 6.75. The number of ether oxygens (including phenoxy) is 1. The lowest BCUT2D eigenvalue weighted by Gasteiger charge is -2.31. The molecule has 0 saturated carbocycles. The summed E-state index contributed by atoms with van der Waals surface area (Å²) < 4.78 is 5.38. The van der Waals surface area contributed by atoms with Gasteiger partial charge in [-0.25, -0.2) is 0 Å². The van der Waals surface area contributed by atoms with Gasteiger partial charge in [0.1, 0.15) is 13.8 Å². The highest BCUT2D eigenvalue weighted by atomic mass is 28.3. The van der Waals surface area contributed by atoms with Gasteiger partial charge in [0.05, 0.1) is 7.11 Å². The Bertz CT molecular complexity index is 1020. The van der Waals surface area contributed by atoms with Gasteiger partial charge in [0.25, 0.3) is 0 Å². The van der Waals surface area contributed by atoms with Gasteiger partial charge in [-0.2, -0.15) is 0 Å². The summed E-state index contributed by atoms with van der Waals surface area (Å²) in [6.45, 7) is 2.45. The Balaban J connectivity index is 2.02. The van der Waals surface area contributed by atoms with Crippen molar-refractivity contribution in [3.63, 3.8) is 0 Å². The molecular formula is C24H22OSi. The van der Waals surface area contributed by atoms with Crippen LogP contribution in [-0.4, -0.2) is 15.2 Å². The molecule has 26 heavy (non-hydrogen) atoms. The minimum Gasteiger partial charge on any atom is -0.497 e. The Morgan fingerprint density at radius 1 is 0.615 bits per heavy atom. The minimum absolute atomic E-state index is 0.899. The van der Waals surface area contributed by atoms with E-state index in [2.05, 4.69) is 104 Å². The molecule has 1 nitrogen and oxygen atoms in total. The van der Waals surface area contributed by atoms with Gasteiger partial charge in [0.2, 0.25) is 0 Å². The summed E-state index contributed by atoms with van der Waals surface area (Å²) in [4.78, 5) is 0. The number of rotatable bonds is 4. The Labute approximate surface area is 155 Å². The number of benzene rings is 4. The van der Waals surface area contributed by atoms with Crippen molar-refractivity contribution in [1.82, 2.24) is 0 Å². The van der Waals surface area contributed by atoms with Gasteiger partial charge in [0, 0.05) is 0 Å². The number of hydrogen-bond acceptors (Lipinski definition) is 1. The predicted molar refractivity (Wildman–Crippen MR) is 114 cm³/mol.